The maximum Gasteiger partial charge on any atom is 0.519 e. The van der Waals surface area contributed by atoms with Gasteiger partial charge in [-0.3, -0.25) is 10.1 Å². The molecule has 4 bridgehead atoms. The number of carbonyl (C=O) groups is 2. The summed E-state index contributed by atoms with van der Waals surface area (Å²) >= 11 is 0. The molecule has 1 aliphatic heterocycles. The van der Waals surface area contributed by atoms with Gasteiger partial charge >= 0.3 is 12.2 Å². The average molecular weight is 637 g/mol. The maximum atomic E-state index is 12.8. The van der Waals surface area contributed by atoms with Gasteiger partial charge in [-0.05, 0) is 107 Å². The summed E-state index contributed by atoms with van der Waals surface area (Å²) in [6.45, 7) is 5.63. The summed E-state index contributed by atoms with van der Waals surface area (Å²) in [7, 11) is 0. The van der Waals surface area contributed by atoms with E-state index >= 15 is 0 Å². The second-order valence-electron chi connectivity index (χ2n) is 14.7. The average Bonchev–Trinajstić information content (AvgIpc) is 3.34. The van der Waals surface area contributed by atoms with Crippen molar-refractivity contribution in [2.75, 3.05) is 0 Å². The minimum Gasteiger partial charge on any atom is -0.444 e. The number of hydrogen-bond acceptors (Lipinski definition) is 10. The van der Waals surface area contributed by atoms with Crippen LogP contribution < -0.4 is 14.8 Å². The standard InChI is InChI=1S/C34H40N2O10/c1-31(2,3)43-29(37)35-32-17-21-15-24(19-32)34(25(16-21)20-32)44-33(45-46-34)14-4-5-23(18-33)22-6-10-27(11-7-22)41-30(38)42-28-12-8-26(9-13-28)36(39)40/h6-13,21,23-25H,4-5,14-20H2,1-3H3,(H,35,37)/t21?,23?,24?,25?,32?,33-,34?/m1/s1. The summed E-state index contributed by atoms with van der Waals surface area (Å²) in [6.07, 6.45) is 6.44. The van der Waals surface area contributed by atoms with E-state index < -0.39 is 28.3 Å². The lowest BCUT2D eigenvalue weighted by Crippen LogP contribution is -2.69. The molecule has 0 aromatic heterocycles. The quantitative estimate of drug-likeness (QED) is 0.117. The van der Waals surface area contributed by atoms with Crippen molar-refractivity contribution < 1.29 is 43.2 Å². The third-order valence-corrected chi connectivity index (χ3v) is 10.2. The van der Waals surface area contributed by atoms with Crippen LogP contribution in [0.3, 0.4) is 0 Å². The Morgan fingerprint density at radius 2 is 1.54 bits per heavy atom. The minimum atomic E-state index is -0.938. The van der Waals surface area contributed by atoms with Crippen LogP contribution in [0, 0.1) is 27.9 Å². The minimum absolute atomic E-state index is 0.102. The fourth-order valence-corrected chi connectivity index (χ4v) is 8.68. The number of amides is 1. The normalized spacial score (nSPS) is 34.4. The number of alkyl carbamates (subject to hydrolysis) is 1. The molecule has 1 heterocycles. The molecule has 5 aliphatic carbocycles. The molecule has 5 saturated carbocycles. The van der Waals surface area contributed by atoms with Gasteiger partial charge in [-0.25, -0.2) is 9.59 Å². The van der Waals surface area contributed by atoms with Gasteiger partial charge in [0.1, 0.15) is 17.1 Å². The summed E-state index contributed by atoms with van der Waals surface area (Å²) in [5, 5.41) is 14.1. The molecule has 1 N–H and O–H groups in total. The lowest BCUT2D eigenvalue weighted by Gasteiger charge is -2.62. The van der Waals surface area contributed by atoms with Gasteiger partial charge in [0.2, 0.25) is 11.6 Å². The second kappa shape index (κ2) is 11.2. The van der Waals surface area contributed by atoms with Gasteiger partial charge in [0.15, 0.2) is 0 Å². The first-order valence-electron chi connectivity index (χ1n) is 16.2. The molecule has 2 spiro atoms. The highest BCUT2D eigenvalue weighted by molar-refractivity contribution is 5.69. The van der Waals surface area contributed by atoms with Crippen LogP contribution in [0.2, 0.25) is 0 Å². The molecule has 2 aromatic rings. The van der Waals surface area contributed by atoms with Crippen LogP contribution in [-0.2, 0) is 19.2 Å². The Balaban J connectivity index is 0.978. The zero-order chi connectivity index (χ0) is 32.3. The van der Waals surface area contributed by atoms with E-state index in [0.29, 0.717) is 18.1 Å². The second-order valence-corrected chi connectivity index (χ2v) is 14.7. The first kappa shape index (κ1) is 30.9. The SMILES string of the molecule is CC(C)(C)OC(=O)NC12CC3CC(C1)C1(OO[C@@]4(CCCC(c5ccc(OC(=O)Oc6ccc([N+](=O)[O-])cc6)cc5)C4)O1)C(C3)C2. The summed E-state index contributed by atoms with van der Waals surface area (Å²) < 4.78 is 23.1. The largest absolute Gasteiger partial charge is 0.519 e. The van der Waals surface area contributed by atoms with E-state index in [1.54, 1.807) is 12.1 Å². The number of nitro groups is 1. The van der Waals surface area contributed by atoms with E-state index in [-0.39, 0.29) is 40.8 Å². The molecule has 0 radical (unpaired) electrons. The van der Waals surface area contributed by atoms with Crippen LogP contribution in [0.25, 0.3) is 0 Å². The predicted molar refractivity (Wildman–Crippen MR) is 162 cm³/mol. The highest BCUT2D eigenvalue weighted by atomic mass is 17.3. The van der Waals surface area contributed by atoms with Crippen LogP contribution in [0.4, 0.5) is 15.3 Å². The molecule has 1 amide bonds. The Kier molecular flexibility index (Phi) is 7.52. The van der Waals surface area contributed by atoms with Crippen molar-refractivity contribution in [2.45, 2.75) is 107 Å². The van der Waals surface area contributed by atoms with Crippen LogP contribution in [-0.4, -0.2) is 39.9 Å². The zero-order valence-electron chi connectivity index (χ0n) is 26.3. The van der Waals surface area contributed by atoms with E-state index in [1.165, 1.54) is 24.3 Å². The molecule has 246 valence electrons. The monoisotopic (exact) mass is 636 g/mol. The molecular formula is C34H40N2O10. The third-order valence-electron chi connectivity index (χ3n) is 10.2. The van der Waals surface area contributed by atoms with Crippen molar-refractivity contribution in [3.05, 3.63) is 64.2 Å². The lowest BCUT2D eigenvalue weighted by atomic mass is 9.50. The van der Waals surface area contributed by atoms with Crippen LogP contribution >= 0.6 is 0 Å². The van der Waals surface area contributed by atoms with E-state index in [2.05, 4.69) is 5.32 Å². The molecule has 3 unspecified atom stereocenters. The highest BCUT2D eigenvalue weighted by Crippen LogP contribution is 2.65. The number of benzene rings is 2. The van der Waals surface area contributed by atoms with Crippen molar-refractivity contribution in [1.82, 2.24) is 5.32 Å². The summed E-state index contributed by atoms with van der Waals surface area (Å²) in [5.74, 6) is -0.276. The molecule has 8 rings (SSSR count). The van der Waals surface area contributed by atoms with Gasteiger partial charge < -0.3 is 24.3 Å². The molecular weight excluding hydrogens is 596 g/mol. The summed E-state index contributed by atoms with van der Waals surface area (Å²) in [4.78, 5) is 47.8. The zero-order valence-corrected chi connectivity index (χ0v) is 26.3. The van der Waals surface area contributed by atoms with Gasteiger partial charge in [0.25, 0.3) is 5.69 Å². The highest BCUT2D eigenvalue weighted by Gasteiger charge is 2.70. The fourth-order valence-electron chi connectivity index (χ4n) is 8.68. The molecule has 2 aromatic carbocycles. The molecule has 12 heteroatoms. The Bertz CT molecular complexity index is 1490. The molecule has 6 aliphatic rings. The van der Waals surface area contributed by atoms with Gasteiger partial charge in [0.05, 0.1) is 4.92 Å². The van der Waals surface area contributed by atoms with Crippen molar-refractivity contribution in [1.29, 1.82) is 0 Å². The number of ether oxygens (including phenoxy) is 4. The van der Waals surface area contributed by atoms with Crippen LogP contribution in [0.1, 0.15) is 90.0 Å². The van der Waals surface area contributed by atoms with E-state index in [9.17, 15) is 19.7 Å². The van der Waals surface area contributed by atoms with Crippen molar-refractivity contribution in [3.8, 4) is 11.5 Å². The topological polar surface area (TPSA) is 145 Å². The van der Waals surface area contributed by atoms with E-state index in [1.807, 2.05) is 32.9 Å². The smallest absolute Gasteiger partial charge is 0.444 e. The fraction of sp³-hybridized carbons (Fsp3) is 0.588. The Morgan fingerprint density at radius 3 is 2.15 bits per heavy atom. The first-order chi connectivity index (χ1) is 21.8. The van der Waals surface area contributed by atoms with Crippen molar-refractivity contribution in [3.63, 3.8) is 0 Å². The number of hydrogen-bond donors (Lipinski definition) is 1. The molecule has 4 atom stereocenters. The Morgan fingerprint density at radius 1 is 0.913 bits per heavy atom. The van der Waals surface area contributed by atoms with Gasteiger partial charge in [0, 0.05) is 42.3 Å². The first-order valence-corrected chi connectivity index (χ1v) is 16.2. The number of rotatable bonds is 5. The van der Waals surface area contributed by atoms with Crippen molar-refractivity contribution in [2.24, 2.45) is 17.8 Å². The van der Waals surface area contributed by atoms with Crippen LogP contribution in [0.15, 0.2) is 48.5 Å². The van der Waals surface area contributed by atoms with Crippen LogP contribution in [0.5, 0.6) is 11.5 Å². The predicted octanol–water partition coefficient (Wildman–Crippen LogP) is 7.30. The molecule has 12 nitrogen and oxygen atoms in total. The number of non-ortho nitro benzene ring substituents is 1. The van der Waals surface area contributed by atoms with E-state index in [4.69, 9.17) is 28.7 Å². The maximum absolute atomic E-state index is 12.8. The summed E-state index contributed by atoms with van der Waals surface area (Å²) in [6, 6.07) is 12.5. The van der Waals surface area contributed by atoms with Gasteiger partial charge in [-0.2, -0.15) is 9.78 Å². The summed E-state index contributed by atoms with van der Waals surface area (Å²) in [5.41, 5.74) is 0.114. The number of nitrogens with zero attached hydrogens (tertiary/aromatic N) is 1. The molecule has 6 fully saturated rings. The van der Waals surface area contributed by atoms with Gasteiger partial charge in [-0.1, -0.05) is 12.1 Å². The van der Waals surface area contributed by atoms with Crippen molar-refractivity contribution >= 4 is 17.9 Å². The lowest BCUT2D eigenvalue weighted by molar-refractivity contribution is -0.391. The molecule has 46 heavy (non-hydrogen) atoms. The van der Waals surface area contributed by atoms with Gasteiger partial charge in [-0.15, -0.1) is 0 Å². The number of nitro benzene ring substituents is 1. The third kappa shape index (κ3) is 5.93. The molecule has 1 saturated heterocycles. The number of carbonyl (C=O) groups excluding carboxylic acids is 2. The number of nitrogens with one attached hydrogen (secondary N) is 1. The van der Waals surface area contributed by atoms with E-state index in [0.717, 1.165) is 56.9 Å². The Hall–Kier alpha value is -3.74. The Labute approximate surface area is 267 Å².